The van der Waals surface area contributed by atoms with E-state index < -0.39 is 5.63 Å². The zero-order valence-corrected chi connectivity index (χ0v) is 10.9. The Morgan fingerprint density at radius 2 is 2.11 bits per heavy atom. The van der Waals surface area contributed by atoms with Gasteiger partial charge in [-0.15, -0.1) is 0 Å². The van der Waals surface area contributed by atoms with Crippen LogP contribution in [0.4, 0.5) is 0 Å². The van der Waals surface area contributed by atoms with Crippen LogP contribution in [0.5, 0.6) is 5.75 Å². The molecule has 0 aliphatic carbocycles. The van der Waals surface area contributed by atoms with Crippen molar-refractivity contribution < 1.29 is 9.15 Å². The monoisotopic (exact) mass is 259 g/mol. The van der Waals surface area contributed by atoms with Crippen LogP contribution in [0.2, 0.25) is 0 Å². The molecule has 0 atom stereocenters. The van der Waals surface area contributed by atoms with Crippen molar-refractivity contribution in [2.24, 2.45) is 0 Å². The average molecular weight is 259 g/mol. The third kappa shape index (κ3) is 3.61. The normalized spacial score (nSPS) is 11.7. The van der Waals surface area contributed by atoms with Crippen molar-refractivity contribution in [3.8, 4) is 5.75 Å². The molecule has 0 amide bonds. The molecule has 1 heterocycles. The van der Waals surface area contributed by atoms with Gasteiger partial charge in [-0.3, -0.25) is 0 Å². The largest absolute Gasteiger partial charge is 0.494 e. The smallest absolute Gasteiger partial charge is 0.361 e. The van der Waals surface area contributed by atoms with E-state index in [4.69, 9.17) is 9.15 Å². The summed E-state index contributed by atoms with van der Waals surface area (Å²) in [5.74, 6) is 0.835. The minimum absolute atomic E-state index is 0.260. The Kier molecular flexibility index (Phi) is 4.23. The van der Waals surface area contributed by atoms with Crippen molar-refractivity contribution in [3.05, 3.63) is 51.1 Å². The van der Waals surface area contributed by atoms with E-state index in [0.29, 0.717) is 5.35 Å². The van der Waals surface area contributed by atoms with Crippen LogP contribution in [-0.4, -0.2) is 11.6 Å². The van der Waals surface area contributed by atoms with Gasteiger partial charge in [-0.1, -0.05) is 25.5 Å². The molecule has 100 valence electrons. The molecule has 4 heteroatoms. The van der Waals surface area contributed by atoms with Crippen molar-refractivity contribution in [3.63, 3.8) is 0 Å². The standard InChI is InChI=1S/C15H17NO3/c1-3-4-9-18-13-7-5-12(6-8-13)10-14-15(17)19-11(2)16-14/h5-8,10,16H,2-4,9H2,1H3. The quantitative estimate of drug-likeness (QED) is 0.825. The Balaban J connectivity index is 2.15. The summed E-state index contributed by atoms with van der Waals surface area (Å²) in [4.78, 5) is 14.2. The van der Waals surface area contributed by atoms with Gasteiger partial charge >= 0.3 is 5.63 Å². The molecule has 1 aromatic carbocycles. The van der Waals surface area contributed by atoms with Crippen LogP contribution in [0.25, 0.3) is 12.7 Å². The SMILES string of the molecule is C=c1[nH]c(=Cc2ccc(OCCCC)cc2)c(=O)o1. The second-order valence-corrected chi connectivity index (χ2v) is 4.27. The summed E-state index contributed by atoms with van der Waals surface area (Å²) in [7, 11) is 0. The highest BCUT2D eigenvalue weighted by Crippen LogP contribution is 2.12. The van der Waals surface area contributed by atoms with Gasteiger partial charge in [-0.25, -0.2) is 4.79 Å². The van der Waals surface area contributed by atoms with E-state index >= 15 is 0 Å². The molecule has 2 rings (SSSR count). The van der Waals surface area contributed by atoms with Crippen molar-refractivity contribution in [1.29, 1.82) is 0 Å². The molecule has 0 bridgehead atoms. The zero-order valence-electron chi connectivity index (χ0n) is 10.9. The predicted molar refractivity (Wildman–Crippen MR) is 74.5 cm³/mol. The molecule has 2 aromatic rings. The fraction of sp³-hybridized carbons (Fsp3) is 0.267. The number of hydrogen-bond acceptors (Lipinski definition) is 3. The lowest BCUT2D eigenvalue weighted by molar-refractivity contribution is 0.309. The van der Waals surface area contributed by atoms with Crippen LogP contribution < -0.4 is 21.3 Å². The maximum atomic E-state index is 11.4. The van der Waals surface area contributed by atoms with Crippen molar-refractivity contribution in [2.75, 3.05) is 6.61 Å². The number of nitrogens with one attached hydrogen (secondary N) is 1. The van der Waals surface area contributed by atoms with E-state index in [9.17, 15) is 4.79 Å². The molecule has 0 aliphatic heterocycles. The van der Waals surface area contributed by atoms with Crippen LogP contribution >= 0.6 is 0 Å². The first-order chi connectivity index (χ1) is 9.19. The summed E-state index contributed by atoms with van der Waals surface area (Å²) in [5.41, 5.74) is 0.751. The Morgan fingerprint density at radius 3 is 2.68 bits per heavy atom. The first kappa shape index (κ1) is 13.2. The first-order valence-corrected chi connectivity index (χ1v) is 6.31. The van der Waals surface area contributed by atoms with Crippen LogP contribution in [0.1, 0.15) is 25.3 Å². The number of rotatable bonds is 5. The van der Waals surface area contributed by atoms with Crippen LogP contribution in [0.15, 0.2) is 33.5 Å². The number of unbranched alkanes of at least 4 members (excludes halogenated alkanes) is 1. The predicted octanol–water partition coefficient (Wildman–Crippen LogP) is 1.39. The summed E-state index contributed by atoms with van der Waals surface area (Å²) in [6, 6.07) is 7.56. The second kappa shape index (κ2) is 6.09. The average Bonchev–Trinajstić information content (AvgIpc) is 2.70. The lowest BCUT2D eigenvalue weighted by atomic mass is 10.2. The minimum Gasteiger partial charge on any atom is -0.494 e. The van der Waals surface area contributed by atoms with E-state index in [0.717, 1.165) is 30.8 Å². The van der Waals surface area contributed by atoms with E-state index in [1.54, 1.807) is 6.08 Å². The number of aromatic nitrogens is 1. The molecular formula is C15H17NO3. The summed E-state index contributed by atoms with van der Waals surface area (Å²) in [6.45, 7) is 6.39. The van der Waals surface area contributed by atoms with Gasteiger partial charge in [0.15, 0.2) is 5.55 Å². The molecule has 0 fully saturated rings. The van der Waals surface area contributed by atoms with Gasteiger partial charge in [0.25, 0.3) is 0 Å². The topological polar surface area (TPSA) is 55.2 Å². The van der Waals surface area contributed by atoms with Crippen LogP contribution in [0.3, 0.4) is 0 Å². The Hall–Kier alpha value is -2.23. The van der Waals surface area contributed by atoms with Crippen molar-refractivity contribution in [2.45, 2.75) is 19.8 Å². The number of benzene rings is 1. The molecule has 1 N–H and O–H groups in total. The highest BCUT2D eigenvalue weighted by Gasteiger charge is 1.96. The molecule has 4 nitrogen and oxygen atoms in total. The van der Waals surface area contributed by atoms with Gasteiger partial charge in [0, 0.05) is 0 Å². The van der Waals surface area contributed by atoms with Crippen LogP contribution in [0, 0.1) is 0 Å². The third-order valence-corrected chi connectivity index (χ3v) is 2.67. The molecule has 0 saturated heterocycles. The molecular weight excluding hydrogens is 242 g/mol. The molecule has 0 spiro atoms. The molecule has 0 saturated carbocycles. The maximum absolute atomic E-state index is 11.4. The fourth-order valence-corrected chi connectivity index (χ4v) is 1.65. The minimum atomic E-state index is -0.409. The van der Waals surface area contributed by atoms with Gasteiger partial charge in [-0.05, 0) is 36.8 Å². The molecule has 0 aliphatic rings. The molecule has 19 heavy (non-hydrogen) atoms. The Labute approximate surface area is 111 Å². The van der Waals surface area contributed by atoms with E-state index in [2.05, 4.69) is 18.5 Å². The molecule has 1 aromatic heterocycles. The highest BCUT2D eigenvalue weighted by atomic mass is 16.5. The Morgan fingerprint density at radius 1 is 1.37 bits per heavy atom. The molecule has 0 radical (unpaired) electrons. The van der Waals surface area contributed by atoms with Gasteiger partial charge < -0.3 is 14.1 Å². The van der Waals surface area contributed by atoms with E-state index in [1.807, 2.05) is 24.3 Å². The van der Waals surface area contributed by atoms with Gasteiger partial charge in [0.2, 0.25) is 0 Å². The van der Waals surface area contributed by atoms with Gasteiger partial charge in [0.1, 0.15) is 11.1 Å². The highest BCUT2D eigenvalue weighted by molar-refractivity contribution is 5.49. The van der Waals surface area contributed by atoms with Crippen LogP contribution in [-0.2, 0) is 0 Å². The first-order valence-electron chi connectivity index (χ1n) is 6.31. The van der Waals surface area contributed by atoms with Crippen molar-refractivity contribution >= 4 is 12.7 Å². The number of oxazole rings is 1. The zero-order chi connectivity index (χ0) is 13.7. The number of hydrogen-bond donors (Lipinski definition) is 1. The maximum Gasteiger partial charge on any atom is 0.361 e. The van der Waals surface area contributed by atoms with Gasteiger partial charge in [0.05, 0.1) is 6.61 Å². The van der Waals surface area contributed by atoms with E-state index in [-0.39, 0.29) is 5.55 Å². The fourth-order valence-electron chi connectivity index (χ4n) is 1.65. The van der Waals surface area contributed by atoms with Gasteiger partial charge in [-0.2, -0.15) is 0 Å². The summed E-state index contributed by atoms with van der Waals surface area (Å²) in [6.07, 6.45) is 3.88. The number of ether oxygens (including phenoxy) is 1. The summed E-state index contributed by atoms with van der Waals surface area (Å²) in [5, 5.41) is 0.393. The summed E-state index contributed by atoms with van der Waals surface area (Å²) >= 11 is 0. The Bertz CT molecular complexity index is 679. The van der Waals surface area contributed by atoms with E-state index in [1.165, 1.54) is 0 Å². The van der Waals surface area contributed by atoms with Crippen molar-refractivity contribution in [1.82, 2.24) is 4.98 Å². The number of aromatic amines is 1. The summed E-state index contributed by atoms with van der Waals surface area (Å²) < 4.78 is 10.4. The lowest BCUT2D eigenvalue weighted by Gasteiger charge is -2.04. The lowest BCUT2D eigenvalue weighted by Crippen LogP contribution is -2.20. The molecule has 0 unspecified atom stereocenters. The second-order valence-electron chi connectivity index (χ2n) is 4.27. The number of H-pyrrole nitrogens is 1. The third-order valence-electron chi connectivity index (χ3n) is 2.67.